The number of aryl methyl sites for hydroxylation is 2. The van der Waals surface area contributed by atoms with Gasteiger partial charge in [-0.3, -0.25) is 4.79 Å². The van der Waals surface area contributed by atoms with Gasteiger partial charge in [-0.2, -0.15) is 0 Å². The van der Waals surface area contributed by atoms with Crippen molar-refractivity contribution in [1.82, 2.24) is 9.88 Å². The van der Waals surface area contributed by atoms with Crippen LogP contribution < -0.4 is 0 Å². The molecule has 134 valence electrons. The molecule has 26 heavy (non-hydrogen) atoms. The molecule has 0 radical (unpaired) electrons. The van der Waals surface area contributed by atoms with Crippen LogP contribution in [-0.2, 0) is 17.8 Å². The second-order valence-corrected chi connectivity index (χ2v) is 7.43. The lowest BCUT2D eigenvalue weighted by atomic mass is 10.1. The van der Waals surface area contributed by atoms with Crippen LogP contribution in [0.15, 0.2) is 47.8 Å². The van der Waals surface area contributed by atoms with Crippen LogP contribution in [0.2, 0.25) is 0 Å². The van der Waals surface area contributed by atoms with Crippen LogP contribution in [0, 0.1) is 19.7 Å². The smallest absolute Gasteiger partial charge is 0.229 e. The number of thiazole rings is 1. The molecular weight excluding hydrogens is 347 g/mol. The van der Waals surface area contributed by atoms with Gasteiger partial charge in [-0.05, 0) is 49.2 Å². The molecule has 0 N–H and O–H groups in total. The summed E-state index contributed by atoms with van der Waals surface area (Å²) >= 11 is 1.45. The van der Waals surface area contributed by atoms with Crippen LogP contribution in [0.5, 0.6) is 0 Å². The first-order valence-electron chi connectivity index (χ1n) is 8.43. The fourth-order valence-corrected chi connectivity index (χ4v) is 3.57. The van der Waals surface area contributed by atoms with Crippen molar-refractivity contribution >= 4 is 17.2 Å². The summed E-state index contributed by atoms with van der Waals surface area (Å²) in [5.41, 5.74) is 5.19. The van der Waals surface area contributed by atoms with Gasteiger partial charge >= 0.3 is 0 Å². The Bertz CT molecular complexity index is 918. The molecule has 0 spiro atoms. The highest BCUT2D eigenvalue weighted by molar-refractivity contribution is 7.10. The van der Waals surface area contributed by atoms with Gasteiger partial charge in [0.15, 0.2) is 0 Å². The van der Waals surface area contributed by atoms with Crippen LogP contribution in [0.1, 0.15) is 21.7 Å². The summed E-state index contributed by atoms with van der Waals surface area (Å²) in [6.45, 7) is 4.71. The highest BCUT2D eigenvalue weighted by atomic mass is 32.1. The first kappa shape index (κ1) is 18.3. The molecule has 0 saturated carbocycles. The summed E-state index contributed by atoms with van der Waals surface area (Å²) in [7, 11) is 1.82. The van der Waals surface area contributed by atoms with Gasteiger partial charge in [0.2, 0.25) is 5.91 Å². The molecule has 2 aromatic carbocycles. The van der Waals surface area contributed by atoms with Crippen molar-refractivity contribution in [2.24, 2.45) is 0 Å². The van der Waals surface area contributed by atoms with Crippen LogP contribution in [0.4, 0.5) is 4.39 Å². The molecule has 0 bridgehead atoms. The average molecular weight is 368 g/mol. The number of hydrogen-bond donors (Lipinski definition) is 0. The van der Waals surface area contributed by atoms with E-state index in [1.54, 1.807) is 17.0 Å². The van der Waals surface area contributed by atoms with E-state index in [0.717, 1.165) is 21.8 Å². The minimum Gasteiger partial charge on any atom is -0.341 e. The van der Waals surface area contributed by atoms with Crippen molar-refractivity contribution in [1.29, 1.82) is 0 Å². The summed E-state index contributed by atoms with van der Waals surface area (Å²) in [5, 5.41) is 2.67. The third-order valence-corrected chi connectivity index (χ3v) is 5.17. The average Bonchev–Trinajstić information content (AvgIpc) is 3.06. The lowest BCUT2D eigenvalue weighted by Crippen LogP contribution is -2.28. The van der Waals surface area contributed by atoms with Gasteiger partial charge < -0.3 is 4.90 Å². The number of nitrogens with zero attached hydrogens (tertiary/aromatic N) is 2. The monoisotopic (exact) mass is 368 g/mol. The molecule has 0 unspecified atom stereocenters. The Labute approximate surface area is 157 Å². The van der Waals surface area contributed by atoms with E-state index < -0.39 is 0 Å². The summed E-state index contributed by atoms with van der Waals surface area (Å²) in [6.07, 6.45) is 0.271. The largest absolute Gasteiger partial charge is 0.341 e. The lowest BCUT2D eigenvalue weighted by Gasteiger charge is -2.18. The first-order chi connectivity index (χ1) is 12.4. The van der Waals surface area contributed by atoms with Crippen molar-refractivity contribution in [2.45, 2.75) is 26.8 Å². The molecule has 1 amide bonds. The van der Waals surface area contributed by atoms with Crippen molar-refractivity contribution in [3.05, 3.63) is 75.4 Å². The topological polar surface area (TPSA) is 33.2 Å². The second kappa shape index (κ2) is 7.79. The summed E-state index contributed by atoms with van der Waals surface area (Å²) < 4.78 is 13.0. The number of carbonyl (C=O) groups excluding carboxylic acids is 1. The van der Waals surface area contributed by atoms with Gasteiger partial charge in [0, 0.05) is 24.5 Å². The Balaban J connectivity index is 1.65. The van der Waals surface area contributed by atoms with Crippen LogP contribution in [0.25, 0.3) is 11.3 Å². The first-order valence-corrected chi connectivity index (χ1v) is 9.31. The SMILES string of the molecule is Cc1ccc(CN(C)C(=O)Cc2nc(-c3ccc(F)cc3)cs2)c(C)c1. The van der Waals surface area contributed by atoms with Crippen LogP contribution in [-0.4, -0.2) is 22.8 Å². The maximum absolute atomic E-state index is 13.0. The molecule has 0 fully saturated rings. The molecule has 1 aromatic heterocycles. The summed E-state index contributed by atoms with van der Waals surface area (Å²) in [6, 6.07) is 12.5. The van der Waals surface area contributed by atoms with E-state index in [4.69, 9.17) is 0 Å². The zero-order chi connectivity index (χ0) is 18.7. The Hall–Kier alpha value is -2.53. The maximum atomic E-state index is 13.0. The van der Waals surface area contributed by atoms with Gasteiger partial charge in [0.25, 0.3) is 0 Å². The van der Waals surface area contributed by atoms with E-state index in [0.29, 0.717) is 6.54 Å². The number of hydrogen-bond acceptors (Lipinski definition) is 3. The number of aromatic nitrogens is 1. The number of rotatable bonds is 5. The highest BCUT2D eigenvalue weighted by Crippen LogP contribution is 2.23. The Morgan fingerprint density at radius 3 is 2.58 bits per heavy atom. The van der Waals surface area contributed by atoms with Gasteiger partial charge in [0.1, 0.15) is 10.8 Å². The lowest BCUT2D eigenvalue weighted by molar-refractivity contribution is -0.129. The molecule has 0 saturated heterocycles. The zero-order valence-electron chi connectivity index (χ0n) is 15.1. The summed E-state index contributed by atoms with van der Waals surface area (Å²) in [5.74, 6) is -0.239. The maximum Gasteiger partial charge on any atom is 0.229 e. The molecule has 3 aromatic rings. The third-order valence-electron chi connectivity index (χ3n) is 4.33. The molecular formula is C21H21FN2OS. The van der Waals surface area contributed by atoms with E-state index in [1.165, 1.54) is 34.6 Å². The van der Waals surface area contributed by atoms with Crippen LogP contribution >= 0.6 is 11.3 Å². The minimum absolute atomic E-state index is 0.0324. The van der Waals surface area contributed by atoms with Gasteiger partial charge in [0.05, 0.1) is 12.1 Å². The standard InChI is InChI=1S/C21H21FN2OS/c1-14-4-5-17(15(2)10-14)12-24(3)21(25)11-20-23-19(13-26-20)16-6-8-18(22)9-7-16/h4-10,13H,11-12H2,1-3H3. The molecule has 5 heteroatoms. The van der Waals surface area contributed by atoms with E-state index in [1.807, 2.05) is 12.4 Å². The van der Waals surface area contributed by atoms with Crippen molar-refractivity contribution in [2.75, 3.05) is 7.05 Å². The number of benzene rings is 2. The van der Waals surface area contributed by atoms with Crippen molar-refractivity contribution in [3.8, 4) is 11.3 Å². The predicted octanol–water partition coefficient (Wildman–Crippen LogP) is 4.77. The number of halogens is 1. The summed E-state index contributed by atoms with van der Waals surface area (Å²) in [4.78, 5) is 18.8. The Morgan fingerprint density at radius 1 is 1.15 bits per heavy atom. The van der Waals surface area contributed by atoms with E-state index in [-0.39, 0.29) is 18.1 Å². The second-order valence-electron chi connectivity index (χ2n) is 6.49. The van der Waals surface area contributed by atoms with Crippen molar-refractivity contribution < 1.29 is 9.18 Å². The van der Waals surface area contributed by atoms with Crippen LogP contribution in [0.3, 0.4) is 0 Å². The molecule has 1 heterocycles. The molecule has 0 aliphatic carbocycles. The third kappa shape index (κ3) is 4.35. The highest BCUT2D eigenvalue weighted by Gasteiger charge is 2.14. The fourth-order valence-electron chi connectivity index (χ4n) is 2.78. The van der Waals surface area contributed by atoms with E-state index >= 15 is 0 Å². The van der Waals surface area contributed by atoms with E-state index in [2.05, 4.69) is 37.0 Å². The van der Waals surface area contributed by atoms with E-state index in [9.17, 15) is 9.18 Å². The van der Waals surface area contributed by atoms with Gasteiger partial charge in [-0.15, -0.1) is 11.3 Å². The Kier molecular flexibility index (Phi) is 5.47. The van der Waals surface area contributed by atoms with Gasteiger partial charge in [-0.1, -0.05) is 23.8 Å². The molecule has 3 nitrogen and oxygen atoms in total. The molecule has 0 aliphatic heterocycles. The zero-order valence-corrected chi connectivity index (χ0v) is 15.9. The normalized spacial score (nSPS) is 10.8. The number of likely N-dealkylation sites (N-methyl/N-ethyl adjacent to an activating group) is 1. The quantitative estimate of drug-likeness (QED) is 0.650. The molecule has 0 atom stereocenters. The number of amides is 1. The number of carbonyl (C=O) groups is 1. The Morgan fingerprint density at radius 2 is 1.88 bits per heavy atom. The predicted molar refractivity (Wildman–Crippen MR) is 104 cm³/mol. The fraction of sp³-hybridized carbons (Fsp3) is 0.238. The van der Waals surface area contributed by atoms with Gasteiger partial charge in [-0.25, -0.2) is 9.37 Å². The molecule has 3 rings (SSSR count). The minimum atomic E-state index is -0.271. The molecule has 0 aliphatic rings. The van der Waals surface area contributed by atoms with Crippen molar-refractivity contribution in [3.63, 3.8) is 0 Å².